The Kier molecular flexibility index (Phi) is 7.13. The molecular formula is C11H19BrN2O5S. The summed E-state index contributed by atoms with van der Waals surface area (Å²) in [6.45, 7) is 0.862. The zero-order chi connectivity index (χ0) is 15.2. The van der Waals surface area contributed by atoms with Crippen LogP contribution in [0.2, 0.25) is 0 Å². The molecule has 0 aromatic carbocycles. The molecule has 0 aliphatic heterocycles. The van der Waals surface area contributed by atoms with Gasteiger partial charge in [-0.25, -0.2) is 13.1 Å². The van der Waals surface area contributed by atoms with Crippen LogP contribution in [0.5, 0.6) is 0 Å². The smallest absolute Gasteiger partial charge is 0.245 e. The summed E-state index contributed by atoms with van der Waals surface area (Å²) < 4.78 is 42.3. The monoisotopic (exact) mass is 370 g/mol. The van der Waals surface area contributed by atoms with Crippen LogP contribution in [0.4, 0.5) is 0 Å². The normalized spacial score (nSPS) is 13.6. The summed E-state index contributed by atoms with van der Waals surface area (Å²) in [6.07, 6.45) is -0.350. The van der Waals surface area contributed by atoms with Gasteiger partial charge in [-0.3, -0.25) is 0 Å². The van der Waals surface area contributed by atoms with Gasteiger partial charge in [-0.1, -0.05) is 0 Å². The lowest BCUT2D eigenvalue weighted by atomic mass is 10.4. The SMILES string of the molecule is CNCc1cc(S(=O)(=O)NCC(COC)OC)c(Br)o1. The average molecular weight is 371 g/mol. The van der Waals surface area contributed by atoms with Crippen molar-refractivity contribution in [1.29, 1.82) is 0 Å². The highest BCUT2D eigenvalue weighted by atomic mass is 79.9. The number of nitrogens with one attached hydrogen (secondary N) is 2. The van der Waals surface area contributed by atoms with Crippen molar-refractivity contribution < 1.29 is 22.3 Å². The minimum Gasteiger partial charge on any atom is -0.452 e. The third kappa shape index (κ3) is 4.83. The predicted molar refractivity (Wildman–Crippen MR) is 77.0 cm³/mol. The van der Waals surface area contributed by atoms with E-state index in [1.807, 2.05) is 0 Å². The molecule has 116 valence electrons. The Bertz CT molecular complexity index is 517. The summed E-state index contributed by atoms with van der Waals surface area (Å²) in [6, 6.07) is 1.47. The molecule has 7 nitrogen and oxygen atoms in total. The van der Waals surface area contributed by atoms with E-state index in [-0.39, 0.29) is 22.2 Å². The highest BCUT2D eigenvalue weighted by molar-refractivity contribution is 9.10. The first kappa shape index (κ1) is 17.6. The lowest BCUT2D eigenvalue weighted by Crippen LogP contribution is -2.35. The molecule has 1 unspecified atom stereocenters. The molecule has 0 amide bonds. The van der Waals surface area contributed by atoms with Gasteiger partial charge in [-0.2, -0.15) is 0 Å². The Morgan fingerprint density at radius 1 is 1.45 bits per heavy atom. The molecule has 2 N–H and O–H groups in total. The maximum Gasteiger partial charge on any atom is 0.245 e. The number of rotatable bonds is 9. The second kappa shape index (κ2) is 8.11. The fraction of sp³-hybridized carbons (Fsp3) is 0.636. The molecule has 0 aliphatic rings. The summed E-state index contributed by atoms with van der Waals surface area (Å²) in [7, 11) is 1.10. The van der Waals surface area contributed by atoms with Crippen molar-refractivity contribution in [3.05, 3.63) is 16.5 Å². The van der Waals surface area contributed by atoms with Crippen molar-refractivity contribution in [2.75, 3.05) is 34.4 Å². The number of halogens is 1. The van der Waals surface area contributed by atoms with Crippen LogP contribution in [0.1, 0.15) is 5.76 Å². The molecule has 0 bridgehead atoms. The zero-order valence-electron chi connectivity index (χ0n) is 11.6. The van der Waals surface area contributed by atoms with E-state index in [1.165, 1.54) is 20.3 Å². The Morgan fingerprint density at radius 3 is 2.70 bits per heavy atom. The van der Waals surface area contributed by atoms with Crippen LogP contribution in [-0.2, 0) is 26.0 Å². The van der Waals surface area contributed by atoms with Crippen LogP contribution in [0.25, 0.3) is 0 Å². The highest BCUT2D eigenvalue weighted by Gasteiger charge is 2.23. The van der Waals surface area contributed by atoms with Crippen LogP contribution in [0, 0.1) is 0 Å². The van der Waals surface area contributed by atoms with Crippen LogP contribution < -0.4 is 10.0 Å². The van der Waals surface area contributed by atoms with Crippen molar-refractivity contribution in [2.45, 2.75) is 17.5 Å². The molecule has 0 saturated heterocycles. The van der Waals surface area contributed by atoms with Gasteiger partial charge in [0.2, 0.25) is 10.0 Å². The van der Waals surface area contributed by atoms with Crippen molar-refractivity contribution in [2.24, 2.45) is 0 Å². The summed E-state index contributed by atoms with van der Waals surface area (Å²) in [5.74, 6) is 0.528. The lowest BCUT2D eigenvalue weighted by molar-refractivity contribution is 0.0320. The lowest BCUT2D eigenvalue weighted by Gasteiger charge is -2.14. The van der Waals surface area contributed by atoms with Gasteiger partial charge in [0.05, 0.1) is 19.3 Å². The number of furan rings is 1. The van der Waals surface area contributed by atoms with Crippen LogP contribution in [0.3, 0.4) is 0 Å². The van der Waals surface area contributed by atoms with Crippen molar-refractivity contribution in [1.82, 2.24) is 10.0 Å². The average Bonchev–Trinajstić information content (AvgIpc) is 2.77. The van der Waals surface area contributed by atoms with Gasteiger partial charge < -0.3 is 19.2 Å². The molecular weight excluding hydrogens is 352 g/mol. The molecule has 1 aromatic heterocycles. The first-order chi connectivity index (χ1) is 9.44. The van der Waals surface area contributed by atoms with E-state index >= 15 is 0 Å². The largest absolute Gasteiger partial charge is 0.452 e. The van der Waals surface area contributed by atoms with Gasteiger partial charge in [0.1, 0.15) is 10.7 Å². The van der Waals surface area contributed by atoms with Crippen molar-refractivity contribution in [3.8, 4) is 0 Å². The van der Waals surface area contributed by atoms with Crippen LogP contribution in [0.15, 0.2) is 20.0 Å². The van der Waals surface area contributed by atoms with Gasteiger partial charge in [-0.05, 0) is 23.0 Å². The van der Waals surface area contributed by atoms with E-state index < -0.39 is 10.0 Å². The molecule has 0 aliphatic carbocycles. The first-order valence-corrected chi connectivity index (χ1v) is 8.16. The summed E-state index contributed by atoms with van der Waals surface area (Å²) >= 11 is 3.11. The molecule has 0 radical (unpaired) electrons. The number of sulfonamides is 1. The van der Waals surface area contributed by atoms with E-state index in [4.69, 9.17) is 13.9 Å². The quantitative estimate of drug-likeness (QED) is 0.664. The van der Waals surface area contributed by atoms with Crippen LogP contribution in [-0.4, -0.2) is 48.9 Å². The topological polar surface area (TPSA) is 89.8 Å². The number of ether oxygens (including phenoxy) is 2. The van der Waals surface area contributed by atoms with Gasteiger partial charge in [0.25, 0.3) is 0 Å². The molecule has 0 spiro atoms. The molecule has 1 heterocycles. The third-order valence-electron chi connectivity index (χ3n) is 2.53. The van der Waals surface area contributed by atoms with Crippen molar-refractivity contribution in [3.63, 3.8) is 0 Å². The summed E-state index contributed by atoms with van der Waals surface area (Å²) in [5.41, 5.74) is 0. The van der Waals surface area contributed by atoms with E-state index in [2.05, 4.69) is 26.0 Å². The Labute approximate surface area is 127 Å². The van der Waals surface area contributed by atoms with Gasteiger partial charge in [-0.15, -0.1) is 0 Å². The van der Waals surface area contributed by atoms with Gasteiger partial charge >= 0.3 is 0 Å². The Balaban J connectivity index is 2.78. The molecule has 1 aromatic rings. The Hall–Kier alpha value is -0.450. The fourth-order valence-electron chi connectivity index (χ4n) is 1.52. The van der Waals surface area contributed by atoms with Gasteiger partial charge in [0.15, 0.2) is 4.67 Å². The van der Waals surface area contributed by atoms with Crippen LogP contribution >= 0.6 is 15.9 Å². The third-order valence-corrected chi connectivity index (χ3v) is 4.81. The first-order valence-electron chi connectivity index (χ1n) is 5.88. The molecule has 9 heteroatoms. The minimum atomic E-state index is -3.67. The maximum atomic E-state index is 12.2. The van der Waals surface area contributed by atoms with E-state index in [0.29, 0.717) is 18.9 Å². The minimum absolute atomic E-state index is 0.0648. The summed E-state index contributed by atoms with van der Waals surface area (Å²) in [5, 5.41) is 2.89. The molecule has 20 heavy (non-hydrogen) atoms. The Morgan fingerprint density at radius 2 is 2.15 bits per heavy atom. The number of hydrogen-bond donors (Lipinski definition) is 2. The second-order valence-electron chi connectivity index (χ2n) is 4.05. The highest BCUT2D eigenvalue weighted by Crippen LogP contribution is 2.25. The zero-order valence-corrected chi connectivity index (χ0v) is 14.0. The maximum absolute atomic E-state index is 12.2. The van der Waals surface area contributed by atoms with E-state index in [0.717, 1.165) is 0 Å². The molecule has 0 fully saturated rings. The van der Waals surface area contributed by atoms with E-state index in [1.54, 1.807) is 7.05 Å². The number of methoxy groups -OCH3 is 2. The molecule has 0 saturated carbocycles. The second-order valence-corrected chi connectivity index (χ2v) is 6.50. The molecule has 1 rings (SSSR count). The fourth-order valence-corrected chi connectivity index (χ4v) is 3.58. The standard InChI is InChI=1S/C11H19BrN2O5S/c1-13-5-8-4-10(11(12)19-8)20(15,16)14-6-9(18-3)7-17-2/h4,9,13-14H,5-7H2,1-3H3. The van der Waals surface area contributed by atoms with Crippen molar-refractivity contribution >= 4 is 26.0 Å². The van der Waals surface area contributed by atoms with E-state index in [9.17, 15) is 8.42 Å². The number of hydrogen-bond acceptors (Lipinski definition) is 6. The summed E-state index contributed by atoms with van der Waals surface area (Å²) in [4.78, 5) is 0.0648. The van der Waals surface area contributed by atoms with Gasteiger partial charge in [0, 0.05) is 26.8 Å². The molecule has 1 atom stereocenters. The predicted octanol–water partition coefficient (Wildman–Crippen LogP) is 0.701.